The van der Waals surface area contributed by atoms with Crippen molar-refractivity contribution in [2.24, 2.45) is 0 Å². The number of aromatic nitrogens is 3. The smallest absolute Gasteiger partial charge is 0.345 e. The van der Waals surface area contributed by atoms with Gasteiger partial charge in [0, 0.05) is 43.8 Å². The maximum Gasteiger partial charge on any atom is 0.416 e. The number of para-hydroxylation sites is 1. The van der Waals surface area contributed by atoms with Crippen molar-refractivity contribution >= 4 is 10.9 Å². The summed E-state index contributed by atoms with van der Waals surface area (Å²) in [5.74, 6) is 0. The standard InChI is InChI=1S/C26H28F3N5O2/c1-18(2)32-12-10-31(11-13-32)16-36-17-33-15-22-24(21-14-19(26(27,28)29)8-9-23(21)33)30-34(25(22)35)20-6-4-3-5-7-20/h3-9,14-15,18H,10-13,16-17H2,1-2H3. The topological polar surface area (TPSA) is 55.5 Å². The van der Waals surface area contributed by atoms with Crippen LogP contribution in [0, 0.1) is 0 Å². The predicted octanol–water partition coefficient (Wildman–Crippen LogP) is 4.27. The van der Waals surface area contributed by atoms with E-state index in [1.807, 2.05) is 6.07 Å². The molecule has 0 unspecified atom stereocenters. The molecule has 2 aromatic rings. The van der Waals surface area contributed by atoms with E-state index < -0.39 is 17.3 Å². The molecular weight excluding hydrogens is 471 g/mol. The third-order valence-electron chi connectivity index (χ3n) is 6.69. The van der Waals surface area contributed by atoms with Crippen molar-refractivity contribution in [3.63, 3.8) is 0 Å². The molecular formula is C26H28F3N5O2. The summed E-state index contributed by atoms with van der Waals surface area (Å²) in [6, 6.07) is 12.8. The van der Waals surface area contributed by atoms with E-state index in [2.05, 4.69) is 28.7 Å². The van der Waals surface area contributed by atoms with E-state index >= 15 is 0 Å². The second-order valence-electron chi connectivity index (χ2n) is 9.35. The van der Waals surface area contributed by atoms with Gasteiger partial charge in [-0.05, 0) is 44.2 Å². The molecule has 3 heterocycles. The fraction of sp³-hybridized carbons (Fsp3) is 0.385. The summed E-state index contributed by atoms with van der Waals surface area (Å²) >= 11 is 0. The average Bonchev–Trinajstić information content (AvgIpc) is 3.20. The molecule has 0 radical (unpaired) electrons. The fourth-order valence-corrected chi connectivity index (χ4v) is 4.64. The number of nitrogens with zero attached hydrogens (tertiary/aromatic N) is 5. The van der Waals surface area contributed by atoms with Crippen LogP contribution < -0.4 is 5.56 Å². The number of ether oxygens (including phenoxy) is 1. The Labute approximate surface area is 206 Å². The summed E-state index contributed by atoms with van der Waals surface area (Å²) in [4.78, 5) is 17.8. The second-order valence-corrected chi connectivity index (χ2v) is 9.35. The Bertz CT molecular complexity index is 1370. The van der Waals surface area contributed by atoms with Crippen molar-refractivity contribution < 1.29 is 17.9 Å². The van der Waals surface area contributed by atoms with Crippen molar-refractivity contribution in [2.45, 2.75) is 32.8 Å². The Morgan fingerprint density at radius 3 is 2.39 bits per heavy atom. The van der Waals surface area contributed by atoms with E-state index in [1.165, 1.54) is 10.7 Å². The number of benzene rings is 2. The van der Waals surface area contributed by atoms with Gasteiger partial charge >= 0.3 is 6.18 Å². The number of hydrogen-bond donors (Lipinski definition) is 0. The Balaban J connectivity index is 1.49. The van der Waals surface area contributed by atoms with Crippen molar-refractivity contribution in [1.29, 1.82) is 0 Å². The van der Waals surface area contributed by atoms with Crippen LogP contribution in [0.2, 0.25) is 0 Å². The van der Waals surface area contributed by atoms with Gasteiger partial charge in [-0.25, -0.2) is 0 Å². The number of halogens is 3. The second kappa shape index (κ2) is 9.68. The lowest BCUT2D eigenvalue weighted by molar-refractivity contribution is -0.137. The molecule has 3 aliphatic heterocycles. The molecule has 10 heteroatoms. The maximum atomic E-state index is 13.5. The summed E-state index contributed by atoms with van der Waals surface area (Å²) in [5, 5.41) is 4.67. The van der Waals surface area contributed by atoms with Gasteiger partial charge in [0.05, 0.1) is 22.3 Å². The van der Waals surface area contributed by atoms with Crippen molar-refractivity contribution in [3.8, 4) is 16.9 Å². The molecule has 0 N–H and O–H groups in total. The number of hydrogen-bond acceptors (Lipinski definition) is 5. The molecule has 0 spiro atoms. The number of alkyl halides is 3. The van der Waals surface area contributed by atoms with Crippen molar-refractivity contribution in [3.05, 3.63) is 70.6 Å². The SMILES string of the molecule is CC(C)N1CCN(COCn2cc3c(=O)n(-c4ccccc4)nc-3c3cc(C(F)(F)F)ccc32)CC1. The summed E-state index contributed by atoms with van der Waals surface area (Å²) < 4.78 is 49.4. The third kappa shape index (κ3) is 4.76. The van der Waals surface area contributed by atoms with Crippen LogP contribution in [-0.4, -0.2) is 63.1 Å². The molecule has 3 aliphatic rings. The van der Waals surface area contributed by atoms with Gasteiger partial charge in [-0.3, -0.25) is 14.6 Å². The molecule has 0 atom stereocenters. The van der Waals surface area contributed by atoms with E-state index in [1.54, 1.807) is 35.0 Å². The molecule has 0 amide bonds. The van der Waals surface area contributed by atoms with E-state index in [0.29, 0.717) is 24.0 Å². The Morgan fingerprint density at radius 2 is 1.72 bits per heavy atom. The first kappa shape index (κ1) is 24.5. The van der Waals surface area contributed by atoms with Crippen LogP contribution in [0.3, 0.4) is 0 Å². The van der Waals surface area contributed by atoms with Crippen LogP contribution in [-0.2, 0) is 17.6 Å². The monoisotopic (exact) mass is 499 g/mol. The Hall–Kier alpha value is -3.21. The van der Waals surface area contributed by atoms with Gasteiger partial charge < -0.3 is 9.30 Å². The van der Waals surface area contributed by atoms with E-state index in [0.717, 1.165) is 38.3 Å². The van der Waals surface area contributed by atoms with Crippen molar-refractivity contribution in [2.75, 3.05) is 32.9 Å². The average molecular weight is 500 g/mol. The minimum atomic E-state index is -4.52. The first-order valence-electron chi connectivity index (χ1n) is 11.9. The summed E-state index contributed by atoms with van der Waals surface area (Å²) in [5.41, 5.74) is 0.333. The quantitative estimate of drug-likeness (QED) is 0.397. The first-order chi connectivity index (χ1) is 17.2. The van der Waals surface area contributed by atoms with Crippen LogP contribution in [0.15, 0.2) is 59.5 Å². The van der Waals surface area contributed by atoms with E-state index in [9.17, 15) is 18.0 Å². The number of rotatable bonds is 6. The Kier molecular flexibility index (Phi) is 6.59. The van der Waals surface area contributed by atoms with Gasteiger partial charge in [-0.1, -0.05) is 18.2 Å². The number of fused-ring (bicyclic) bond motifs is 3. The van der Waals surface area contributed by atoms with E-state index in [4.69, 9.17) is 4.74 Å². The van der Waals surface area contributed by atoms with Crippen LogP contribution in [0.25, 0.3) is 27.8 Å². The molecule has 0 aliphatic carbocycles. The molecule has 2 aromatic carbocycles. The van der Waals surface area contributed by atoms with Crippen LogP contribution >= 0.6 is 0 Å². The fourth-order valence-electron chi connectivity index (χ4n) is 4.64. The lowest BCUT2D eigenvalue weighted by Gasteiger charge is -2.36. The summed E-state index contributed by atoms with van der Waals surface area (Å²) in [6.07, 6.45) is -2.89. The highest BCUT2D eigenvalue weighted by Gasteiger charge is 2.32. The highest BCUT2D eigenvalue weighted by Crippen LogP contribution is 2.35. The lowest BCUT2D eigenvalue weighted by atomic mass is 10.0. The van der Waals surface area contributed by atoms with Gasteiger partial charge in [0.2, 0.25) is 0 Å². The zero-order valence-corrected chi connectivity index (χ0v) is 20.2. The normalized spacial score (nSPS) is 15.9. The summed E-state index contributed by atoms with van der Waals surface area (Å²) in [6.45, 7) is 8.53. The van der Waals surface area contributed by atoms with Crippen molar-refractivity contribution in [1.82, 2.24) is 24.1 Å². The lowest BCUT2D eigenvalue weighted by Crippen LogP contribution is -2.49. The minimum absolute atomic E-state index is 0.0954. The molecule has 36 heavy (non-hydrogen) atoms. The highest BCUT2D eigenvalue weighted by atomic mass is 19.4. The van der Waals surface area contributed by atoms with Gasteiger partial charge in [0.1, 0.15) is 19.2 Å². The largest absolute Gasteiger partial charge is 0.416 e. The van der Waals surface area contributed by atoms with Gasteiger partial charge in [0.15, 0.2) is 0 Å². The van der Waals surface area contributed by atoms with Gasteiger partial charge in [-0.15, -0.1) is 0 Å². The molecule has 1 fully saturated rings. The molecule has 1 saturated heterocycles. The minimum Gasteiger partial charge on any atom is -0.345 e. The molecule has 190 valence electrons. The maximum absolute atomic E-state index is 13.5. The zero-order chi connectivity index (χ0) is 25.4. The zero-order valence-electron chi connectivity index (χ0n) is 20.2. The van der Waals surface area contributed by atoms with Crippen LogP contribution in [0.5, 0.6) is 0 Å². The van der Waals surface area contributed by atoms with Crippen LogP contribution in [0.4, 0.5) is 13.2 Å². The molecule has 0 bridgehead atoms. The number of pyridine rings is 1. The third-order valence-corrected chi connectivity index (χ3v) is 6.69. The molecule has 7 nitrogen and oxygen atoms in total. The Morgan fingerprint density at radius 1 is 1.00 bits per heavy atom. The number of piperazine rings is 1. The highest BCUT2D eigenvalue weighted by molar-refractivity contribution is 5.94. The van der Waals surface area contributed by atoms with Gasteiger partial charge in [0.25, 0.3) is 5.56 Å². The molecule has 0 aromatic heterocycles. The van der Waals surface area contributed by atoms with Crippen LogP contribution in [0.1, 0.15) is 19.4 Å². The van der Waals surface area contributed by atoms with Gasteiger partial charge in [-0.2, -0.15) is 23.0 Å². The van der Waals surface area contributed by atoms with E-state index in [-0.39, 0.29) is 23.4 Å². The molecule has 0 saturated carbocycles. The molecule has 5 rings (SSSR count). The predicted molar refractivity (Wildman–Crippen MR) is 131 cm³/mol. The first-order valence-corrected chi connectivity index (χ1v) is 11.9. The summed E-state index contributed by atoms with van der Waals surface area (Å²) in [7, 11) is 0.